The predicted molar refractivity (Wildman–Crippen MR) is 73.9 cm³/mol. The Morgan fingerprint density at radius 3 is 2.95 bits per heavy atom. The van der Waals surface area contributed by atoms with Crippen molar-refractivity contribution in [1.29, 1.82) is 0 Å². The largest absolute Gasteiger partial charge is 0.394 e. The van der Waals surface area contributed by atoms with Crippen molar-refractivity contribution >= 4 is 21.8 Å². The first kappa shape index (κ1) is 14.4. The van der Waals surface area contributed by atoms with Crippen LogP contribution in [0.5, 0.6) is 0 Å². The van der Waals surface area contributed by atoms with Crippen molar-refractivity contribution in [1.82, 2.24) is 9.88 Å². The number of rotatable bonds is 2. The van der Waals surface area contributed by atoms with Crippen LogP contribution in [0, 0.1) is 0 Å². The van der Waals surface area contributed by atoms with Gasteiger partial charge in [-0.1, -0.05) is 0 Å². The first-order chi connectivity index (χ1) is 8.91. The number of aliphatic hydroxyl groups excluding tert-OH is 1. The molecule has 0 aromatic carbocycles. The SMILES string of the molecule is CC1(C)CN(C(=O)c2ccc(Br)cn2)CC(CO)O1. The molecule has 1 aliphatic heterocycles. The Hall–Kier alpha value is -0.980. The van der Waals surface area contributed by atoms with Crippen molar-refractivity contribution in [2.45, 2.75) is 25.6 Å². The lowest BCUT2D eigenvalue weighted by Gasteiger charge is -2.42. The number of halogens is 1. The summed E-state index contributed by atoms with van der Waals surface area (Å²) in [5.41, 5.74) is -0.0611. The van der Waals surface area contributed by atoms with E-state index >= 15 is 0 Å². The van der Waals surface area contributed by atoms with Crippen LogP contribution in [-0.2, 0) is 4.74 Å². The van der Waals surface area contributed by atoms with E-state index in [1.165, 1.54) is 0 Å². The highest BCUT2D eigenvalue weighted by molar-refractivity contribution is 9.10. The maximum absolute atomic E-state index is 12.4. The number of hydrogen-bond donors (Lipinski definition) is 1. The van der Waals surface area contributed by atoms with Crippen LogP contribution in [-0.4, -0.2) is 52.3 Å². The third-order valence-electron chi connectivity index (χ3n) is 2.92. The highest BCUT2D eigenvalue weighted by atomic mass is 79.9. The standard InChI is InChI=1S/C13H17BrN2O3/c1-13(2)8-16(6-10(7-17)19-13)12(18)11-4-3-9(14)5-15-11/h3-5,10,17H,6-8H2,1-2H3. The molecule has 6 heteroatoms. The summed E-state index contributed by atoms with van der Waals surface area (Å²) in [4.78, 5) is 18.2. The monoisotopic (exact) mass is 328 g/mol. The van der Waals surface area contributed by atoms with Gasteiger partial charge in [0, 0.05) is 23.8 Å². The van der Waals surface area contributed by atoms with Gasteiger partial charge >= 0.3 is 0 Å². The van der Waals surface area contributed by atoms with Crippen molar-refractivity contribution in [2.75, 3.05) is 19.7 Å². The van der Waals surface area contributed by atoms with E-state index < -0.39 is 5.60 Å². The Morgan fingerprint density at radius 2 is 2.37 bits per heavy atom. The van der Waals surface area contributed by atoms with E-state index in [1.54, 1.807) is 23.2 Å². The molecule has 1 aromatic heterocycles. The van der Waals surface area contributed by atoms with Gasteiger partial charge in [-0.3, -0.25) is 4.79 Å². The van der Waals surface area contributed by atoms with Crippen LogP contribution in [0.1, 0.15) is 24.3 Å². The van der Waals surface area contributed by atoms with Crippen LogP contribution in [0.25, 0.3) is 0 Å². The van der Waals surface area contributed by atoms with E-state index in [9.17, 15) is 9.90 Å². The fraction of sp³-hybridized carbons (Fsp3) is 0.538. The molecule has 1 aliphatic rings. The summed E-state index contributed by atoms with van der Waals surface area (Å²) in [5.74, 6) is -0.137. The second-order valence-electron chi connectivity index (χ2n) is 5.23. The van der Waals surface area contributed by atoms with Crippen LogP contribution >= 0.6 is 15.9 Å². The first-order valence-electron chi connectivity index (χ1n) is 6.11. The third-order valence-corrected chi connectivity index (χ3v) is 3.39. The molecule has 5 nitrogen and oxygen atoms in total. The zero-order valence-corrected chi connectivity index (χ0v) is 12.6. The van der Waals surface area contributed by atoms with Gasteiger partial charge < -0.3 is 14.7 Å². The number of morpholine rings is 1. The number of amides is 1. The van der Waals surface area contributed by atoms with E-state index in [1.807, 2.05) is 13.8 Å². The molecule has 1 amide bonds. The molecule has 1 saturated heterocycles. The molecule has 1 atom stereocenters. The average Bonchev–Trinajstić information content (AvgIpc) is 2.37. The molecule has 1 N–H and O–H groups in total. The zero-order chi connectivity index (χ0) is 14.0. The summed E-state index contributed by atoms with van der Waals surface area (Å²) in [6.45, 7) is 4.59. The van der Waals surface area contributed by atoms with Crippen LogP contribution in [0.15, 0.2) is 22.8 Å². The van der Waals surface area contributed by atoms with Crippen molar-refractivity contribution in [3.05, 3.63) is 28.5 Å². The highest BCUT2D eigenvalue weighted by Gasteiger charge is 2.35. The molecule has 0 saturated carbocycles. The number of nitrogens with zero attached hydrogens (tertiary/aromatic N) is 2. The molecule has 0 spiro atoms. The van der Waals surface area contributed by atoms with Gasteiger partial charge in [0.15, 0.2) is 0 Å². The summed E-state index contributed by atoms with van der Waals surface area (Å²) in [6.07, 6.45) is 1.26. The van der Waals surface area contributed by atoms with Crippen LogP contribution in [0.4, 0.5) is 0 Å². The van der Waals surface area contributed by atoms with Crippen molar-refractivity contribution in [3.8, 4) is 0 Å². The normalized spacial score (nSPS) is 22.3. The molecular weight excluding hydrogens is 312 g/mol. The number of carbonyl (C=O) groups is 1. The van der Waals surface area contributed by atoms with Gasteiger partial charge in [-0.2, -0.15) is 0 Å². The number of carbonyl (C=O) groups excluding carboxylic acids is 1. The lowest BCUT2D eigenvalue weighted by Crippen LogP contribution is -2.55. The average molecular weight is 329 g/mol. The number of aromatic nitrogens is 1. The molecule has 104 valence electrons. The minimum atomic E-state index is -0.462. The van der Waals surface area contributed by atoms with Crippen LogP contribution < -0.4 is 0 Å². The fourth-order valence-corrected chi connectivity index (χ4v) is 2.44. The van der Waals surface area contributed by atoms with E-state index in [-0.39, 0.29) is 18.6 Å². The van der Waals surface area contributed by atoms with Gasteiger partial charge in [-0.25, -0.2) is 4.98 Å². The van der Waals surface area contributed by atoms with Crippen molar-refractivity contribution < 1.29 is 14.6 Å². The number of pyridine rings is 1. The van der Waals surface area contributed by atoms with Crippen molar-refractivity contribution in [3.63, 3.8) is 0 Å². The second kappa shape index (κ2) is 5.56. The topological polar surface area (TPSA) is 62.7 Å². The fourth-order valence-electron chi connectivity index (χ4n) is 2.21. The molecule has 0 radical (unpaired) electrons. The molecule has 0 bridgehead atoms. The minimum absolute atomic E-state index is 0.0963. The Kier molecular flexibility index (Phi) is 4.23. The summed E-state index contributed by atoms with van der Waals surface area (Å²) in [5, 5.41) is 9.24. The Bertz CT molecular complexity index is 461. The lowest BCUT2D eigenvalue weighted by atomic mass is 10.0. The van der Waals surface area contributed by atoms with Gasteiger partial charge in [-0.15, -0.1) is 0 Å². The second-order valence-corrected chi connectivity index (χ2v) is 6.15. The summed E-state index contributed by atoms with van der Waals surface area (Å²) in [6, 6.07) is 3.47. The van der Waals surface area contributed by atoms with E-state index in [4.69, 9.17) is 4.74 Å². The van der Waals surface area contributed by atoms with Crippen LogP contribution in [0.3, 0.4) is 0 Å². The van der Waals surface area contributed by atoms with Crippen LogP contribution in [0.2, 0.25) is 0 Å². The smallest absolute Gasteiger partial charge is 0.272 e. The highest BCUT2D eigenvalue weighted by Crippen LogP contribution is 2.22. The summed E-state index contributed by atoms with van der Waals surface area (Å²) in [7, 11) is 0. The summed E-state index contributed by atoms with van der Waals surface area (Å²) >= 11 is 3.29. The zero-order valence-electron chi connectivity index (χ0n) is 11.0. The van der Waals surface area contributed by atoms with Gasteiger partial charge in [0.05, 0.1) is 18.3 Å². The first-order valence-corrected chi connectivity index (χ1v) is 6.90. The van der Waals surface area contributed by atoms with E-state index in [2.05, 4.69) is 20.9 Å². The van der Waals surface area contributed by atoms with Crippen molar-refractivity contribution in [2.24, 2.45) is 0 Å². The Labute approximate surface area is 120 Å². The number of ether oxygens (including phenoxy) is 1. The third kappa shape index (κ3) is 3.52. The maximum Gasteiger partial charge on any atom is 0.272 e. The Balaban J connectivity index is 2.16. The quantitative estimate of drug-likeness (QED) is 0.892. The van der Waals surface area contributed by atoms with Gasteiger partial charge in [0.2, 0.25) is 0 Å². The van der Waals surface area contributed by atoms with Gasteiger partial charge in [0.25, 0.3) is 5.91 Å². The molecule has 2 rings (SSSR count). The molecule has 1 aromatic rings. The molecule has 19 heavy (non-hydrogen) atoms. The lowest BCUT2D eigenvalue weighted by molar-refractivity contribution is -0.139. The maximum atomic E-state index is 12.4. The molecule has 1 unspecified atom stereocenters. The molecular formula is C13H17BrN2O3. The number of aliphatic hydroxyl groups is 1. The van der Waals surface area contributed by atoms with E-state index in [0.29, 0.717) is 18.8 Å². The molecule has 0 aliphatic carbocycles. The summed E-state index contributed by atoms with van der Waals surface area (Å²) < 4.78 is 6.52. The van der Waals surface area contributed by atoms with Gasteiger partial charge in [-0.05, 0) is 41.9 Å². The number of hydrogen-bond acceptors (Lipinski definition) is 4. The van der Waals surface area contributed by atoms with E-state index in [0.717, 1.165) is 4.47 Å². The molecule has 2 heterocycles. The van der Waals surface area contributed by atoms with Gasteiger partial charge in [0.1, 0.15) is 5.69 Å². The molecule has 1 fully saturated rings. The Morgan fingerprint density at radius 1 is 1.63 bits per heavy atom. The minimum Gasteiger partial charge on any atom is -0.394 e. The predicted octanol–water partition coefficient (Wildman–Crippen LogP) is 1.46.